The molecule has 29 heavy (non-hydrogen) atoms. The maximum atomic E-state index is 12.7. The van der Waals surface area contributed by atoms with E-state index in [9.17, 15) is 14.4 Å². The fraction of sp³-hybridized carbons (Fsp3) is 0.333. The molecule has 0 fully saturated rings. The van der Waals surface area contributed by atoms with E-state index >= 15 is 0 Å². The van der Waals surface area contributed by atoms with Gasteiger partial charge in [-0.1, -0.05) is 30.8 Å². The number of H-pyrrole nitrogens is 1. The van der Waals surface area contributed by atoms with Crippen molar-refractivity contribution < 1.29 is 9.59 Å². The van der Waals surface area contributed by atoms with Crippen LogP contribution in [0.5, 0.6) is 0 Å². The van der Waals surface area contributed by atoms with Crippen LogP contribution in [-0.2, 0) is 12.8 Å². The second-order valence-corrected chi connectivity index (χ2v) is 9.73. The molecule has 0 saturated heterocycles. The maximum Gasteiger partial charge on any atom is 0.261 e. The van der Waals surface area contributed by atoms with Gasteiger partial charge in [-0.3, -0.25) is 19.3 Å². The molecule has 3 aromatic rings. The number of hydrogen-bond donors (Lipinski definition) is 1. The number of hydrogen-bond acceptors (Lipinski definition) is 6. The summed E-state index contributed by atoms with van der Waals surface area (Å²) in [5.74, 6) is 0.594. The van der Waals surface area contributed by atoms with Crippen molar-refractivity contribution in [2.75, 3.05) is 12.3 Å². The Morgan fingerprint density at radius 3 is 2.66 bits per heavy atom. The lowest BCUT2D eigenvalue weighted by atomic mass is 9.89. The number of carbonyl (C=O) groups excluding carboxylic acids is 2. The number of fused-ring (bicyclic) bond motifs is 4. The zero-order chi connectivity index (χ0) is 20.1. The summed E-state index contributed by atoms with van der Waals surface area (Å²) in [6.45, 7) is 2.52. The Morgan fingerprint density at radius 1 is 1.21 bits per heavy atom. The summed E-state index contributed by atoms with van der Waals surface area (Å²) in [5.41, 5.74) is 1.98. The van der Waals surface area contributed by atoms with Crippen LogP contribution in [0, 0.1) is 5.92 Å². The quantitative estimate of drug-likeness (QED) is 0.393. The third-order valence-corrected chi connectivity index (χ3v) is 7.58. The van der Waals surface area contributed by atoms with Gasteiger partial charge in [0.1, 0.15) is 4.83 Å². The summed E-state index contributed by atoms with van der Waals surface area (Å²) < 4.78 is 0. The lowest BCUT2D eigenvalue weighted by Crippen LogP contribution is -2.31. The smallest absolute Gasteiger partial charge is 0.261 e. The van der Waals surface area contributed by atoms with Crippen molar-refractivity contribution in [2.24, 2.45) is 5.92 Å². The van der Waals surface area contributed by atoms with Crippen LogP contribution >= 0.6 is 23.1 Å². The molecule has 2 aromatic heterocycles. The third-order valence-electron chi connectivity index (χ3n) is 5.58. The fourth-order valence-corrected chi connectivity index (χ4v) is 6.30. The SMILES string of the molecule is C[C@@H]1CCc2c(sc3nc(SCCN4C(=O)c5ccccc5C4=O)[nH]c(=O)c23)C1. The van der Waals surface area contributed by atoms with E-state index in [4.69, 9.17) is 0 Å². The normalized spacial score (nSPS) is 18.4. The molecule has 1 atom stereocenters. The summed E-state index contributed by atoms with van der Waals surface area (Å²) in [6, 6.07) is 6.87. The molecule has 1 aliphatic carbocycles. The van der Waals surface area contributed by atoms with E-state index in [1.54, 1.807) is 35.6 Å². The Bertz CT molecular complexity index is 1180. The number of imide groups is 1. The Balaban J connectivity index is 1.33. The van der Waals surface area contributed by atoms with Crippen molar-refractivity contribution in [3.05, 3.63) is 56.2 Å². The summed E-state index contributed by atoms with van der Waals surface area (Å²) in [4.78, 5) is 48.4. The summed E-state index contributed by atoms with van der Waals surface area (Å²) >= 11 is 2.98. The molecule has 1 N–H and O–H groups in total. The molecule has 3 heterocycles. The highest BCUT2D eigenvalue weighted by Crippen LogP contribution is 2.36. The van der Waals surface area contributed by atoms with Gasteiger partial charge in [0, 0.05) is 17.2 Å². The van der Waals surface area contributed by atoms with Crippen LogP contribution in [0.2, 0.25) is 0 Å². The Hall–Kier alpha value is -2.45. The topological polar surface area (TPSA) is 83.1 Å². The number of thioether (sulfide) groups is 1. The number of nitrogens with one attached hydrogen (secondary N) is 1. The first kappa shape index (κ1) is 18.6. The first-order valence-electron chi connectivity index (χ1n) is 9.65. The molecular formula is C21H19N3O3S2. The number of amides is 2. The van der Waals surface area contributed by atoms with E-state index in [2.05, 4.69) is 16.9 Å². The predicted octanol–water partition coefficient (Wildman–Crippen LogP) is 3.50. The molecule has 6 nitrogen and oxygen atoms in total. The second-order valence-electron chi connectivity index (χ2n) is 7.56. The minimum Gasteiger partial charge on any atom is -0.301 e. The first-order chi connectivity index (χ1) is 14.0. The number of nitrogens with zero attached hydrogens (tertiary/aromatic N) is 2. The molecule has 2 aliphatic rings. The van der Waals surface area contributed by atoms with Gasteiger partial charge in [0.25, 0.3) is 17.4 Å². The zero-order valence-electron chi connectivity index (χ0n) is 15.9. The lowest BCUT2D eigenvalue weighted by molar-refractivity contribution is 0.0664. The van der Waals surface area contributed by atoms with Crippen molar-refractivity contribution in [3.63, 3.8) is 0 Å². The zero-order valence-corrected chi connectivity index (χ0v) is 17.5. The molecule has 0 spiro atoms. The molecule has 5 rings (SSSR count). The van der Waals surface area contributed by atoms with Crippen LogP contribution < -0.4 is 5.56 Å². The standard InChI is InChI=1S/C21H19N3O3S2/c1-11-6-7-14-15(10-11)29-18-16(14)17(25)22-21(23-18)28-9-8-24-19(26)12-4-2-3-5-13(12)20(24)27/h2-5,11H,6-10H2,1H3,(H,22,23,25)/t11-/m1/s1. The Morgan fingerprint density at radius 2 is 1.93 bits per heavy atom. The van der Waals surface area contributed by atoms with Crippen molar-refractivity contribution in [2.45, 2.75) is 31.3 Å². The largest absolute Gasteiger partial charge is 0.301 e. The number of rotatable bonds is 4. The van der Waals surface area contributed by atoms with Gasteiger partial charge in [0.15, 0.2) is 5.16 Å². The molecule has 0 saturated carbocycles. The number of aryl methyl sites for hydroxylation is 1. The van der Waals surface area contributed by atoms with Gasteiger partial charge < -0.3 is 4.98 Å². The average molecular weight is 426 g/mol. The van der Waals surface area contributed by atoms with Crippen molar-refractivity contribution in [1.29, 1.82) is 0 Å². The van der Waals surface area contributed by atoms with Gasteiger partial charge in [-0.2, -0.15) is 0 Å². The summed E-state index contributed by atoms with van der Waals surface area (Å²) in [7, 11) is 0. The maximum absolute atomic E-state index is 12.7. The molecule has 148 valence electrons. The van der Waals surface area contributed by atoms with E-state index in [1.165, 1.54) is 27.1 Å². The van der Waals surface area contributed by atoms with E-state index in [1.807, 2.05) is 0 Å². The van der Waals surface area contributed by atoms with Crippen LogP contribution in [0.25, 0.3) is 10.2 Å². The highest BCUT2D eigenvalue weighted by molar-refractivity contribution is 7.99. The number of benzene rings is 1. The van der Waals surface area contributed by atoms with E-state index in [0.717, 1.165) is 29.5 Å². The van der Waals surface area contributed by atoms with Crippen molar-refractivity contribution in [3.8, 4) is 0 Å². The molecule has 8 heteroatoms. The van der Waals surface area contributed by atoms with Crippen LogP contribution in [0.15, 0.2) is 34.2 Å². The van der Waals surface area contributed by atoms with Crippen LogP contribution in [-0.4, -0.2) is 39.0 Å². The molecule has 0 bridgehead atoms. The Labute approximate surface area is 175 Å². The van der Waals surface area contributed by atoms with Crippen LogP contribution in [0.4, 0.5) is 0 Å². The number of aromatic nitrogens is 2. The molecule has 0 unspecified atom stereocenters. The summed E-state index contributed by atoms with van der Waals surface area (Å²) in [5, 5.41) is 1.27. The van der Waals surface area contributed by atoms with Gasteiger partial charge >= 0.3 is 0 Å². The van der Waals surface area contributed by atoms with Gasteiger partial charge in [-0.25, -0.2) is 4.98 Å². The highest BCUT2D eigenvalue weighted by Gasteiger charge is 2.34. The molecule has 1 aromatic carbocycles. The number of thiophene rings is 1. The number of aromatic amines is 1. The van der Waals surface area contributed by atoms with Gasteiger partial charge in [-0.15, -0.1) is 11.3 Å². The van der Waals surface area contributed by atoms with E-state index in [-0.39, 0.29) is 23.9 Å². The molecular weight excluding hydrogens is 406 g/mol. The molecule has 0 radical (unpaired) electrons. The second kappa shape index (κ2) is 7.11. The fourth-order valence-electron chi connectivity index (χ4n) is 4.07. The highest BCUT2D eigenvalue weighted by atomic mass is 32.2. The predicted molar refractivity (Wildman–Crippen MR) is 114 cm³/mol. The van der Waals surface area contributed by atoms with E-state index in [0.29, 0.717) is 28.0 Å². The van der Waals surface area contributed by atoms with Gasteiger partial charge in [0.05, 0.1) is 16.5 Å². The van der Waals surface area contributed by atoms with Crippen molar-refractivity contribution in [1.82, 2.24) is 14.9 Å². The van der Waals surface area contributed by atoms with Crippen molar-refractivity contribution >= 4 is 45.1 Å². The minimum atomic E-state index is -0.261. The third kappa shape index (κ3) is 3.11. The monoisotopic (exact) mass is 425 g/mol. The number of carbonyl (C=O) groups is 2. The Kier molecular flexibility index (Phi) is 4.55. The first-order valence-corrected chi connectivity index (χ1v) is 11.5. The lowest BCUT2D eigenvalue weighted by Gasteiger charge is -2.17. The average Bonchev–Trinajstić information content (AvgIpc) is 3.18. The van der Waals surface area contributed by atoms with Crippen LogP contribution in [0.3, 0.4) is 0 Å². The van der Waals surface area contributed by atoms with Gasteiger partial charge in [-0.05, 0) is 42.9 Å². The van der Waals surface area contributed by atoms with Gasteiger partial charge in [0.2, 0.25) is 0 Å². The molecule has 2 amide bonds. The van der Waals surface area contributed by atoms with Crippen LogP contribution in [0.1, 0.15) is 44.5 Å². The minimum absolute atomic E-state index is 0.0923. The molecule has 1 aliphatic heterocycles. The summed E-state index contributed by atoms with van der Waals surface area (Å²) in [6.07, 6.45) is 3.06. The van der Waals surface area contributed by atoms with E-state index < -0.39 is 0 Å².